The third-order valence-electron chi connectivity index (χ3n) is 5.42. The maximum atomic E-state index is 13.7. The molecule has 4 nitrogen and oxygen atoms in total. The van der Waals surface area contributed by atoms with Gasteiger partial charge in [0, 0.05) is 5.69 Å². The van der Waals surface area contributed by atoms with E-state index in [0.29, 0.717) is 18.4 Å². The second-order valence-electron chi connectivity index (χ2n) is 7.30. The number of aryl methyl sites for hydroxylation is 2. The van der Waals surface area contributed by atoms with E-state index in [9.17, 15) is 14.0 Å². The summed E-state index contributed by atoms with van der Waals surface area (Å²) in [5.41, 5.74) is 2.66. The molecule has 1 fully saturated rings. The summed E-state index contributed by atoms with van der Waals surface area (Å²) < 4.78 is 13.7. The highest BCUT2D eigenvalue weighted by Gasteiger charge is 2.42. The van der Waals surface area contributed by atoms with Gasteiger partial charge in [-0.1, -0.05) is 43.2 Å². The molecular formula is C22H25FN2O2. The molecule has 0 radical (unpaired) electrons. The number of rotatable bonds is 5. The maximum absolute atomic E-state index is 13.7. The molecule has 5 heteroatoms. The first kappa shape index (κ1) is 19.1. The van der Waals surface area contributed by atoms with Crippen molar-refractivity contribution in [2.24, 2.45) is 0 Å². The molecule has 0 heterocycles. The summed E-state index contributed by atoms with van der Waals surface area (Å²) in [6.07, 6.45) is 3.17. The molecule has 0 spiro atoms. The summed E-state index contributed by atoms with van der Waals surface area (Å²) in [6.45, 7) is 3.75. The molecule has 1 aliphatic carbocycles. The van der Waals surface area contributed by atoms with Crippen LogP contribution in [0.1, 0.15) is 42.4 Å². The molecule has 2 aromatic carbocycles. The fraction of sp³-hybridized carbons (Fsp3) is 0.364. The van der Waals surface area contributed by atoms with Gasteiger partial charge in [-0.2, -0.15) is 0 Å². The summed E-state index contributed by atoms with van der Waals surface area (Å²) >= 11 is 0. The lowest BCUT2D eigenvalue weighted by atomic mass is 9.78. The Labute approximate surface area is 159 Å². The largest absolute Gasteiger partial charge is 0.346 e. The standard InChI is InChI=1S/C22H25FN2O2/c1-15-7-5-8-16(2)20(15)25-19(26)14-24-21(27)22(11-3-4-12-22)17-9-6-10-18(23)13-17/h5-10,13H,3-4,11-12,14H2,1-2H3,(H,24,27)(H,25,26). The third kappa shape index (κ3) is 4.02. The van der Waals surface area contributed by atoms with Crippen molar-refractivity contribution in [1.82, 2.24) is 5.32 Å². The van der Waals surface area contributed by atoms with Gasteiger partial charge in [0.25, 0.3) is 0 Å². The lowest BCUT2D eigenvalue weighted by Gasteiger charge is -2.28. The zero-order chi connectivity index (χ0) is 19.4. The van der Waals surface area contributed by atoms with Crippen molar-refractivity contribution < 1.29 is 14.0 Å². The summed E-state index contributed by atoms with van der Waals surface area (Å²) in [4.78, 5) is 25.3. The minimum Gasteiger partial charge on any atom is -0.346 e. The summed E-state index contributed by atoms with van der Waals surface area (Å²) in [6, 6.07) is 12.0. The number of nitrogens with one attached hydrogen (secondary N) is 2. The predicted molar refractivity (Wildman–Crippen MR) is 104 cm³/mol. The van der Waals surface area contributed by atoms with E-state index >= 15 is 0 Å². The number of hydrogen-bond acceptors (Lipinski definition) is 2. The fourth-order valence-corrected chi connectivity index (χ4v) is 3.94. The lowest BCUT2D eigenvalue weighted by molar-refractivity contribution is -0.128. The molecule has 2 N–H and O–H groups in total. The van der Waals surface area contributed by atoms with Crippen molar-refractivity contribution in [3.8, 4) is 0 Å². The number of para-hydroxylation sites is 1. The van der Waals surface area contributed by atoms with Crippen molar-refractivity contribution >= 4 is 17.5 Å². The Morgan fingerprint density at radius 3 is 2.30 bits per heavy atom. The normalized spacial score (nSPS) is 15.4. The molecule has 2 amide bonds. The van der Waals surface area contributed by atoms with E-state index < -0.39 is 5.41 Å². The molecule has 142 valence electrons. The molecule has 0 saturated heterocycles. The van der Waals surface area contributed by atoms with Crippen molar-refractivity contribution in [3.63, 3.8) is 0 Å². The van der Waals surface area contributed by atoms with Gasteiger partial charge < -0.3 is 10.6 Å². The van der Waals surface area contributed by atoms with Crippen LogP contribution in [0.5, 0.6) is 0 Å². The van der Waals surface area contributed by atoms with Gasteiger partial charge in [-0.25, -0.2) is 4.39 Å². The molecular weight excluding hydrogens is 343 g/mol. The average Bonchev–Trinajstić information content (AvgIpc) is 3.14. The van der Waals surface area contributed by atoms with Crippen LogP contribution in [0.3, 0.4) is 0 Å². The highest BCUT2D eigenvalue weighted by molar-refractivity contribution is 5.97. The third-order valence-corrected chi connectivity index (χ3v) is 5.42. The fourth-order valence-electron chi connectivity index (χ4n) is 3.94. The molecule has 0 unspecified atom stereocenters. The van der Waals surface area contributed by atoms with Gasteiger partial charge in [-0.3, -0.25) is 9.59 Å². The van der Waals surface area contributed by atoms with E-state index in [2.05, 4.69) is 10.6 Å². The van der Waals surface area contributed by atoms with Gasteiger partial charge in [0.1, 0.15) is 5.82 Å². The summed E-state index contributed by atoms with van der Waals surface area (Å²) in [5, 5.41) is 5.64. The van der Waals surface area contributed by atoms with Crippen molar-refractivity contribution in [1.29, 1.82) is 0 Å². The molecule has 1 saturated carbocycles. The number of hydrogen-bond donors (Lipinski definition) is 2. The van der Waals surface area contributed by atoms with Crippen LogP contribution >= 0.6 is 0 Å². The quantitative estimate of drug-likeness (QED) is 0.838. The lowest BCUT2D eigenvalue weighted by Crippen LogP contribution is -2.45. The first-order chi connectivity index (χ1) is 12.9. The van der Waals surface area contributed by atoms with Crippen LogP contribution in [-0.4, -0.2) is 18.4 Å². The number of amides is 2. The first-order valence-electron chi connectivity index (χ1n) is 9.33. The Kier molecular flexibility index (Phi) is 5.59. The van der Waals surface area contributed by atoms with Crippen molar-refractivity contribution in [2.45, 2.75) is 44.9 Å². The first-order valence-corrected chi connectivity index (χ1v) is 9.33. The van der Waals surface area contributed by atoms with Crippen LogP contribution < -0.4 is 10.6 Å². The van der Waals surface area contributed by atoms with Gasteiger partial charge in [0.05, 0.1) is 12.0 Å². The van der Waals surface area contributed by atoms with Gasteiger partial charge in [0.15, 0.2) is 0 Å². The monoisotopic (exact) mass is 368 g/mol. The summed E-state index contributed by atoms with van der Waals surface area (Å²) in [5.74, 6) is -0.824. The number of carbonyl (C=O) groups is 2. The number of benzene rings is 2. The minimum absolute atomic E-state index is 0.107. The highest BCUT2D eigenvalue weighted by Crippen LogP contribution is 2.41. The van der Waals surface area contributed by atoms with Crippen LogP contribution in [-0.2, 0) is 15.0 Å². The van der Waals surface area contributed by atoms with Crippen LogP contribution in [0.4, 0.5) is 10.1 Å². The summed E-state index contributed by atoms with van der Waals surface area (Å²) in [7, 11) is 0. The van der Waals surface area contributed by atoms with Crippen molar-refractivity contribution in [3.05, 3.63) is 65.0 Å². The second-order valence-corrected chi connectivity index (χ2v) is 7.30. The topological polar surface area (TPSA) is 58.2 Å². The van der Waals surface area contributed by atoms with Gasteiger partial charge >= 0.3 is 0 Å². The van der Waals surface area contributed by atoms with Crippen molar-refractivity contribution in [2.75, 3.05) is 11.9 Å². The van der Waals surface area contributed by atoms with E-state index in [4.69, 9.17) is 0 Å². The van der Waals surface area contributed by atoms with Crippen LogP contribution in [0.25, 0.3) is 0 Å². The Morgan fingerprint density at radius 2 is 1.67 bits per heavy atom. The number of carbonyl (C=O) groups excluding carboxylic acids is 2. The molecule has 0 aromatic heterocycles. The van der Waals surface area contributed by atoms with E-state index in [1.165, 1.54) is 12.1 Å². The molecule has 0 bridgehead atoms. The van der Waals surface area contributed by atoms with Crippen LogP contribution in [0.15, 0.2) is 42.5 Å². The van der Waals surface area contributed by atoms with Gasteiger partial charge in [-0.15, -0.1) is 0 Å². The van der Waals surface area contributed by atoms with E-state index in [1.54, 1.807) is 12.1 Å². The smallest absolute Gasteiger partial charge is 0.243 e. The number of halogens is 1. The highest BCUT2D eigenvalue weighted by atomic mass is 19.1. The van der Waals surface area contributed by atoms with E-state index in [1.807, 2.05) is 32.0 Å². The Morgan fingerprint density at radius 1 is 1.04 bits per heavy atom. The molecule has 0 aliphatic heterocycles. The Balaban J connectivity index is 1.69. The van der Waals surface area contributed by atoms with Gasteiger partial charge in [0.2, 0.25) is 11.8 Å². The van der Waals surface area contributed by atoms with Gasteiger partial charge in [-0.05, 0) is 55.5 Å². The molecule has 1 aliphatic rings. The molecule has 0 atom stereocenters. The Hall–Kier alpha value is -2.69. The zero-order valence-electron chi connectivity index (χ0n) is 15.8. The Bertz CT molecular complexity index is 837. The molecule has 3 rings (SSSR count). The average molecular weight is 368 g/mol. The van der Waals surface area contributed by atoms with Crippen LogP contribution in [0.2, 0.25) is 0 Å². The van der Waals surface area contributed by atoms with E-state index in [0.717, 1.165) is 29.7 Å². The number of anilines is 1. The molecule has 27 heavy (non-hydrogen) atoms. The minimum atomic E-state index is -0.749. The molecule has 2 aromatic rings. The zero-order valence-corrected chi connectivity index (χ0v) is 15.8. The van der Waals surface area contributed by atoms with E-state index in [-0.39, 0.29) is 24.2 Å². The maximum Gasteiger partial charge on any atom is 0.243 e. The SMILES string of the molecule is Cc1cccc(C)c1NC(=O)CNC(=O)C1(c2cccc(F)c2)CCCC1. The van der Waals surface area contributed by atoms with Crippen LogP contribution in [0, 0.1) is 19.7 Å². The predicted octanol–water partition coefficient (Wildman–Crippen LogP) is 4.01. The second kappa shape index (κ2) is 7.91.